The van der Waals surface area contributed by atoms with Gasteiger partial charge in [-0.25, -0.2) is 4.98 Å². The molecule has 3 aromatic rings. The molecule has 1 aromatic carbocycles. The molecule has 0 unspecified atom stereocenters. The average molecular weight is 396 g/mol. The van der Waals surface area contributed by atoms with E-state index in [0.29, 0.717) is 37.3 Å². The molecule has 8 heteroatoms. The van der Waals surface area contributed by atoms with Crippen LogP contribution in [0, 0.1) is 5.41 Å². The van der Waals surface area contributed by atoms with E-state index in [1.54, 1.807) is 15.9 Å². The van der Waals surface area contributed by atoms with Crippen LogP contribution >= 0.6 is 0 Å². The summed E-state index contributed by atoms with van der Waals surface area (Å²) >= 11 is 0. The summed E-state index contributed by atoms with van der Waals surface area (Å²) in [5.74, 6) is -0.0902. The summed E-state index contributed by atoms with van der Waals surface area (Å²) in [6.07, 6.45) is 1.39. The topological polar surface area (TPSA) is 88.7 Å². The highest BCUT2D eigenvalue weighted by atomic mass is 16.3. The molecule has 1 aliphatic rings. The lowest BCUT2D eigenvalue weighted by atomic mass is 9.94. The maximum Gasteiger partial charge on any atom is 0.297 e. The number of furan rings is 1. The summed E-state index contributed by atoms with van der Waals surface area (Å²) < 4.78 is 6.94. The molecule has 1 fully saturated rings. The van der Waals surface area contributed by atoms with E-state index in [0.717, 1.165) is 5.39 Å². The number of amides is 2. The Morgan fingerprint density at radius 1 is 1.07 bits per heavy atom. The number of aromatic nitrogens is 2. The smallest absolute Gasteiger partial charge is 0.297 e. The van der Waals surface area contributed by atoms with Crippen LogP contribution in [0.3, 0.4) is 0 Å². The first-order valence-electron chi connectivity index (χ1n) is 9.69. The highest BCUT2D eigenvalue weighted by molar-refractivity contribution is 6.01. The van der Waals surface area contributed by atoms with E-state index in [2.05, 4.69) is 4.98 Å². The fourth-order valence-corrected chi connectivity index (χ4v) is 3.61. The van der Waals surface area contributed by atoms with Crippen LogP contribution in [0.25, 0.3) is 22.1 Å². The molecule has 0 bridgehead atoms. The molecule has 0 atom stereocenters. The predicted molar refractivity (Wildman–Crippen MR) is 108 cm³/mol. The molecular weight excluding hydrogens is 372 g/mol. The van der Waals surface area contributed by atoms with Crippen molar-refractivity contribution in [2.45, 2.75) is 27.3 Å². The minimum absolute atomic E-state index is 0.0837. The Bertz CT molecular complexity index is 1150. The van der Waals surface area contributed by atoms with Gasteiger partial charge in [0, 0.05) is 37.0 Å². The normalized spacial score (nSPS) is 15.3. The summed E-state index contributed by atoms with van der Waals surface area (Å²) in [6, 6.07) is 7.32. The minimum atomic E-state index is -0.437. The summed E-state index contributed by atoms with van der Waals surface area (Å²) in [4.78, 5) is 45.7. The Kier molecular flexibility index (Phi) is 4.64. The minimum Gasteiger partial charge on any atom is -0.448 e. The summed E-state index contributed by atoms with van der Waals surface area (Å²) in [7, 11) is 0. The fourth-order valence-electron chi connectivity index (χ4n) is 3.61. The molecule has 0 N–H and O–H groups in total. The largest absolute Gasteiger partial charge is 0.448 e. The zero-order valence-electron chi connectivity index (χ0n) is 16.8. The molecule has 0 spiro atoms. The number of para-hydroxylation sites is 1. The van der Waals surface area contributed by atoms with Gasteiger partial charge in [0.25, 0.3) is 5.56 Å². The van der Waals surface area contributed by atoms with Crippen LogP contribution in [0.1, 0.15) is 20.8 Å². The van der Waals surface area contributed by atoms with Crippen molar-refractivity contribution in [2.75, 3.05) is 26.2 Å². The first kappa shape index (κ1) is 19.2. The number of hydrogen-bond donors (Lipinski definition) is 0. The second kappa shape index (κ2) is 7.02. The number of nitrogens with zero attached hydrogens (tertiary/aromatic N) is 4. The van der Waals surface area contributed by atoms with Crippen molar-refractivity contribution in [3.8, 4) is 0 Å². The van der Waals surface area contributed by atoms with Gasteiger partial charge in [0.2, 0.25) is 17.4 Å². The third-order valence-corrected chi connectivity index (χ3v) is 5.22. The van der Waals surface area contributed by atoms with Crippen molar-refractivity contribution in [3.05, 3.63) is 40.9 Å². The number of carbonyl (C=O) groups is 2. The molecule has 4 rings (SSSR count). The lowest BCUT2D eigenvalue weighted by molar-refractivity contribution is -0.145. The molecule has 2 aromatic heterocycles. The van der Waals surface area contributed by atoms with Gasteiger partial charge in [-0.2, -0.15) is 0 Å². The number of hydrogen-bond acceptors (Lipinski definition) is 5. The first-order chi connectivity index (χ1) is 13.8. The monoisotopic (exact) mass is 396 g/mol. The quantitative estimate of drug-likeness (QED) is 0.660. The van der Waals surface area contributed by atoms with Crippen molar-refractivity contribution in [3.63, 3.8) is 0 Å². The second-order valence-corrected chi connectivity index (χ2v) is 8.38. The van der Waals surface area contributed by atoms with Crippen molar-refractivity contribution in [1.29, 1.82) is 0 Å². The van der Waals surface area contributed by atoms with Crippen LogP contribution in [0.2, 0.25) is 0 Å². The third kappa shape index (κ3) is 3.50. The van der Waals surface area contributed by atoms with Gasteiger partial charge in [-0.05, 0) is 12.1 Å². The Morgan fingerprint density at radius 2 is 1.72 bits per heavy atom. The molecule has 1 aliphatic heterocycles. The Balaban J connectivity index is 1.49. The van der Waals surface area contributed by atoms with E-state index in [1.165, 1.54) is 10.9 Å². The van der Waals surface area contributed by atoms with Gasteiger partial charge in [0.15, 0.2) is 0 Å². The van der Waals surface area contributed by atoms with E-state index in [9.17, 15) is 14.4 Å². The molecule has 1 saturated heterocycles. The maximum absolute atomic E-state index is 12.8. The van der Waals surface area contributed by atoms with Crippen molar-refractivity contribution in [2.24, 2.45) is 5.41 Å². The number of fused-ring (bicyclic) bond motifs is 3. The van der Waals surface area contributed by atoms with Crippen molar-refractivity contribution < 1.29 is 14.0 Å². The third-order valence-electron chi connectivity index (χ3n) is 5.22. The van der Waals surface area contributed by atoms with Gasteiger partial charge in [0.1, 0.15) is 17.6 Å². The summed E-state index contributed by atoms with van der Waals surface area (Å²) in [6.45, 7) is 7.47. The zero-order chi connectivity index (χ0) is 20.8. The SMILES string of the molecule is CC(C)(C)C(=O)N1CCN(C(=O)Cn2cnc3c(oc4ccccc43)c2=O)CC1. The molecule has 0 aliphatic carbocycles. The van der Waals surface area contributed by atoms with Crippen molar-refractivity contribution >= 4 is 33.9 Å². The zero-order valence-corrected chi connectivity index (χ0v) is 16.8. The van der Waals surface area contributed by atoms with Crippen LogP contribution in [-0.2, 0) is 16.1 Å². The summed E-state index contributed by atoms with van der Waals surface area (Å²) in [5, 5.41) is 0.776. The highest BCUT2D eigenvalue weighted by Gasteiger charge is 2.31. The molecule has 8 nitrogen and oxygen atoms in total. The van der Waals surface area contributed by atoms with Gasteiger partial charge < -0.3 is 14.2 Å². The Hall–Kier alpha value is -3.16. The van der Waals surface area contributed by atoms with Gasteiger partial charge in [-0.3, -0.25) is 19.0 Å². The van der Waals surface area contributed by atoms with Gasteiger partial charge in [-0.1, -0.05) is 32.9 Å². The van der Waals surface area contributed by atoms with Gasteiger partial charge in [-0.15, -0.1) is 0 Å². The van der Waals surface area contributed by atoms with E-state index in [-0.39, 0.29) is 29.5 Å². The van der Waals surface area contributed by atoms with E-state index in [1.807, 2.05) is 39.0 Å². The van der Waals surface area contributed by atoms with Gasteiger partial charge in [0.05, 0.1) is 6.33 Å². The van der Waals surface area contributed by atoms with E-state index >= 15 is 0 Å². The molecule has 0 radical (unpaired) electrons. The highest BCUT2D eigenvalue weighted by Crippen LogP contribution is 2.24. The first-order valence-corrected chi connectivity index (χ1v) is 9.69. The number of carbonyl (C=O) groups excluding carboxylic acids is 2. The average Bonchev–Trinajstić information content (AvgIpc) is 3.08. The Morgan fingerprint density at radius 3 is 2.41 bits per heavy atom. The number of rotatable bonds is 2. The molecule has 29 heavy (non-hydrogen) atoms. The molecule has 152 valence electrons. The van der Waals surface area contributed by atoms with Crippen LogP contribution in [-0.4, -0.2) is 57.3 Å². The molecular formula is C21H24N4O4. The maximum atomic E-state index is 12.8. The lowest BCUT2D eigenvalue weighted by Crippen LogP contribution is -2.53. The summed E-state index contributed by atoms with van der Waals surface area (Å²) in [5.41, 5.74) is 0.440. The van der Waals surface area contributed by atoms with Crippen molar-refractivity contribution in [1.82, 2.24) is 19.4 Å². The molecule has 0 saturated carbocycles. The number of benzene rings is 1. The van der Waals surface area contributed by atoms with Crippen LogP contribution in [0.4, 0.5) is 0 Å². The lowest BCUT2D eigenvalue weighted by Gasteiger charge is -2.37. The molecule has 2 amide bonds. The Labute approximate surface area is 167 Å². The van der Waals surface area contributed by atoms with E-state index < -0.39 is 5.41 Å². The predicted octanol–water partition coefficient (Wildman–Crippen LogP) is 1.86. The van der Waals surface area contributed by atoms with E-state index in [4.69, 9.17) is 4.42 Å². The molecule has 3 heterocycles. The van der Waals surface area contributed by atoms with Gasteiger partial charge >= 0.3 is 0 Å². The number of piperazine rings is 1. The fraction of sp³-hybridized carbons (Fsp3) is 0.429. The standard InChI is InChI=1S/C21H24N4O4/c1-21(2,3)20(28)24-10-8-23(9-11-24)16(26)12-25-13-22-17-14-6-4-5-7-15(14)29-18(17)19(25)27/h4-7,13H,8-12H2,1-3H3. The van der Waals surface area contributed by atoms with Crippen LogP contribution < -0.4 is 5.56 Å². The van der Waals surface area contributed by atoms with Crippen LogP contribution in [0.15, 0.2) is 39.8 Å². The van der Waals surface area contributed by atoms with Crippen LogP contribution in [0.5, 0.6) is 0 Å². The second-order valence-electron chi connectivity index (χ2n) is 8.38.